The Balaban J connectivity index is 1.57. The van der Waals surface area contributed by atoms with E-state index in [9.17, 15) is 20.4 Å². The normalized spacial score (nSPS) is 25.2. The Morgan fingerprint density at radius 1 is 0.939 bits per heavy atom. The van der Waals surface area contributed by atoms with Crippen molar-refractivity contribution < 1.29 is 25.2 Å². The number of thiophene rings is 1. The second kappa shape index (κ2) is 9.93. The number of nitrogens with zero attached hydrogens (tertiary/aromatic N) is 1. The van der Waals surface area contributed by atoms with E-state index in [-0.39, 0.29) is 0 Å². The van der Waals surface area contributed by atoms with Crippen molar-refractivity contribution in [2.75, 3.05) is 25.6 Å². The van der Waals surface area contributed by atoms with E-state index in [1.807, 2.05) is 39.2 Å². The standard InChI is InChI=1S/C26H31NO5S/c1-15-7-8-17(26-25(31)24(30)23(29)21(14-28)32-26)11-18(15)13-20-9-10-22(33-20)16-5-4-6-19(12-16)27(2)3/h4-12,21,23-26,28-31H,13-14H2,1-3H3/t21-,23-,24+,25-,26+/m1/s1. The first-order valence-corrected chi connectivity index (χ1v) is 11.9. The lowest BCUT2D eigenvalue weighted by molar-refractivity contribution is -0.231. The highest BCUT2D eigenvalue weighted by Gasteiger charge is 2.43. The van der Waals surface area contributed by atoms with Crippen molar-refractivity contribution >= 4 is 17.0 Å². The van der Waals surface area contributed by atoms with Crippen LogP contribution >= 0.6 is 11.3 Å². The van der Waals surface area contributed by atoms with Crippen molar-refractivity contribution in [1.29, 1.82) is 0 Å². The summed E-state index contributed by atoms with van der Waals surface area (Å²) < 4.78 is 5.74. The van der Waals surface area contributed by atoms with Gasteiger partial charge >= 0.3 is 0 Å². The molecule has 1 aliphatic heterocycles. The van der Waals surface area contributed by atoms with E-state index in [1.54, 1.807) is 11.3 Å². The van der Waals surface area contributed by atoms with Gasteiger partial charge < -0.3 is 30.1 Å². The molecule has 0 radical (unpaired) electrons. The first kappa shape index (κ1) is 23.9. The van der Waals surface area contributed by atoms with Crippen LogP contribution in [0, 0.1) is 6.92 Å². The van der Waals surface area contributed by atoms with Gasteiger partial charge in [0.1, 0.15) is 30.5 Å². The Morgan fingerprint density at radius 3 is 2.45 bits per heavy atom. The molecular formula is C26H31NO5S. The summed E-state index contributed by atoms with van der Waals surface area (Å²) in [6.07, 6.45) is -5.04. The minimum atomic E-state index is -1.39. The zero-order chi connectivity index (χ0) is 23.7. The number of aliphatic hydroxyl groups is 4. The third kappa shape index (κ3) is 4.99. The molecule has 2 heterocycles. The lowest BCUT2D eigenvalue weighted by atomic mass is 9.89. The molecule has 0 saturated carbocycles. The summed E-state index contributed by atoms with van der Waals surface area (Å²) in [7, 11) is 4.06. The van der Waals surface area contributed by atoms with Crippen LogP contribution in [0.5, 0.6) is 0 Å². The van der Waals surface area contributed by atoms with Gasteiger partial charge in [-0.2, -0.15) is 0 Å². The Labute approximate surface area is 198 Å². The average molecular weight is 470 g/mol. The summed E-state index contributed by atoms with van der Waals surface area (Å²) in [6, 6.07) is 18.6. The molecule has 0 amide bonds. The highest BCUT2D eigenvalue weighted by atomic mass is 32.1. The number of anilines is 1. The maximum Gasteiger partial charge on any atom is 0.113 e. The number of rotatable bonds is 6. The van der Waals surface area contributed by atoms with Crippen LogP contribution in [0.15, 0.2) is 54.6 Å². The van der Waals surface area contributed by atoms with Gasteiger partial charge in [0.25, 0.3) is 0 Å². The van der Waals surface area contributed by atoms with Gasteiger partial charge in [0.2, 0.25) is 0 Å². The topological polar surface area (TPSA) is 93.4 Å². The van der Waals surface area contributed by atoms with Gasteiger partial charge in [-0.05, 0) is 53.4 Å². The second-order valence-corrected chi connectivity index (χ2v) is 9.99. The highest BCUT2D eigenvalue weighted by Crippen LogP contribution is 2.35. The number of hydrogen-bond donors (Lipinski definition) is 4. The molecule has 1 aliphatic rings. The second-order valence-electron chi connectivity index (χ2n) is 8.82. The van der Waals surface area contributed by atoms with Crippen molar-refractivity contribution in [2.24, 2.45) is 0 Å². The molecule has 1 saturated heterocycles. The average Bonchev–Trinajstić information content (AvgIpc) is 3.28. The van der Waals surface area contributed by atoms with E-state index in [0.29, 0.717) is 5.56 Å². The molecular weight excluding hydrogens is 438 g/mol. The molecule has 4 rings (SSSR count). The van der Waals surface area contributed by atoms with Crippen molar-refractivity contribution in [2.45, 2.75) is 43.9 Å². The Bertz CT molecular complexity index is 1100. The summed E-state index contributed by atoms with van der Waals surface area (Å²) in [5, 5.41) is 40.2. The van der Waals surface area contributed by atoms with Crippen LogP contribution in [-0.4, -0.2) is 65.5 Å². The summed E-state index contributed by atoms with van der Waals surface area (Å²) in [5.74, 6) is 0. The summed E-state index contributed by atoms with van der Waals surface area (Å²) in [6.45, 7) is 1.61. The highest BCUT2D eigenvalue weighted by molar-refractivity contribution is 7.15. The van der Waals surface area contributed by atoms with Crippen LogP contribution in [0.3, 0.4) is 0 Å². The monoisotopic (exact) mass is 469 g/mol. The quantitative estimate of drug-likeness (QED) is 0.444. The van der Waals surface area contributed by atoms with E-state index < -0.39 is 37.1 Å². The van der Waals surface area contributed by atoms with Crippen LogP contribution in [0.2, 0.25) is 0 Å². The van der Waals surface area contributed by atoms with Gasteiger partial charge in [0.05, 0.1) is 6.61 Å². The number of hydrogen-bond acceptors (Lipinski definition) is 7. The van der Waals surface area contributed by atoms with E-state index in [4.69, 9.17) is 4.74 Å². The lowest BCUT2D eigenvalue weighted by Crippen LogP contribution is -2.55. The molecule has 6 nitrogen and oxygen atoms in total. The predicted molar refractivity (Wildman–Crippen MR) is 131 cm³/mol. The largest absolute Gasteiger partial charge is 0.394 e. The third-order valence-electron chi connectivity index (χ3n) is 6.27. The SMILES string of the molecule is Cc1ccc([C@@H]2O[C@H](CO)[C@@H](O)[C@H](O)[C@H]2O)cc1Cc1ccc(-c2cccc(N(C)C)c2)s1. The van der Waals surface area contributed by atoms with Gasteiger partial charge in [-0.1, -0.05) is 30.3 Å². The van der Waals surface area contributed by atoms with Crippen LogP contribution in [-0.2, 0) is 11.2 Å². The summed E-state index contributed by atoms with van der Waals surface area (Å²) in [4.78, 5) is 4.51. The number of aryl methyl sites for hydroxylation is 1. The Morgan fingerprint density at radius 2 is 1.73 bits per heavy atom. The van der Waals surface area contributed by atoms with Crippen molar-refractivity contribution in [3.05, 3.63) is 76.2 Å². The molecule has 7 heteroatoms. The van der Waals surface area contributed by atoms with Crippen molar-refractivity contribution in [3.8, 4) is 10.4 Å². The minimum absolute atomic E-state index is 0.437. The molecule has 4 N–H and O–H groups in total. The fourth-order valence-corrected chi connectivity index (χ4v) is 5.22. The van der Waals surface area contributed by atoms with Gasteiger partial charge in [0, 0.05) is 36.0 Å². The molecule has 0 unspecified atom stereocenters. The third-order valence-corrected chi connectivity index (χ3v) is 7.40. The number of aliphatic hydroxyl groups excluding tert-OH is 4. The number of benzene rings is 2. The van der Waals surface area contributed by atoms with Crippen molar-refractivity contribution in [1.82, 2.24) is 0 Å². The van der Waals surface area contributed by atoms with Gasteiger partial charge in [-0.15, -0.1) is 11.3 Å². The zero-order valence-corrected chi connectivity index (χ0v) is 19.9. The molecule has 1 aromatic heterocycles. The molecule has 2 aromatic carbocycles. The van der Waals surface area contributed by atoms with Gasteiger partial charge in [-0.3, -0.25) is 0 Å². The van der Waals surface area contributed by atoms with Crippen LogP contribution in [0.25, 0.3) is 10.4 Å². The summed E-state index contributed by atoms with van der Waals surface area (Å²) in [5.41, 5.74) is 5.27. The maximum absolute atomic E-state index is 10.5. The van der Waals surface area contributed by atoms with E-state index in [0.717, 1.165) is 23.2 Å². The molecule has 176 valence electrons. The van der Waals surface area contributed by atoms with Crippen LogP contribution in [0.1, 0.15) is 27.7 Å². The smallest absolute Gasteiger partial charge is 0.113 e. The van der Waals surface area contributed by atoms with E-state index in [1.165, 1.54) is 15.3 Å². The zero-order valence-electron chi connectivity index (χ0n) is 19.0. The van der Waals surface area contributed by atoms with Crippen molar-refractivity contribution in [3.63, 3.8) is 0 Å². The van der Waals surface area contributed by atoms with Gasteiger partial charge in [-0.25, -0.2) is 0 Å². The molecule has 0 spiro atoms. The molecule has 0 bridgehead atoms. The van der Waals surface area contributed by atoms with E-state index in [2.05, 4.69) is 41.3 Å². The van der Waals surface area contributed by atoms with E-state index >= 15 is 0 Å². The Kier molecular flexibility index (Phi) is 7.19. The predicted octanol–water partition coefficient (Wildman–Crippen LogP) is 2.90. The van der Waals surface area contributed by atoms with Gasteiger partial charge in [0.15, 0.2) is 0 Å². The summed E-state index contributed by atoms with van der Waals surface area (Å²) >= 11 is 1.75. The lowest BCUT2D eigenvalue weighted by Gasteiger charge is -2.40. The fourth-order valence-electron chi connectivity index (χ4n) is 4.19. The van der Waals surface area contributed by atoms with Crippen LogP contribution in [0.4, 0.5) is 5.69 Å². The molecule has 0 aliphatic carbocycles. The first-order valence-electron chi connectivity index (χ1n) is 11.0. The Hall–Kier alpha value is -2.26. The maximum atomic E-state index is 10.5. The molecule has 1 fully saturated rings. The molecule has 3 aromatic rings. The van der Waals surface area contributed by atoms with Crippen LogP contribution < -0.4 is 4.90 Å². The molecule has 5 atom stereocenters. The first-order chi connectivity index (χ1) is 15.8. The minimum Gasteiger partial charge on any atom is -0.394 e. The molecule has 33 heavy (non-hydrogen) atoms. The number of ether oxygens (including phenoxy) is 1. The fraction of sp³-hybridized carbons (Fsp3) is 0.385.